The summed E-state index contributed by atoms with van der Waals surface area (Å²) in [5.41, 5.74) is 1.54. The monoisotopic (exact) mass is 374 g/mol. The molecule has 0 radical (unpaired) electrons. The minimum absolute atomic E-state index is 0.0159. The van der Waals surface area contributed by atoms with Crippen LogP contribution in [0.3, 0.4) is 0 Å². The fourth-order valence-corrected chi connectivity index (χ4v) is 3.03. The van der Waals surface area contributed by atoms with Crippen molar-refractivity contribution in [3.05, 3.63) is 52.2 Å². The second-order valence-corrected chi connectivity index (χ2v) is 6.56. The molecule has 1 aromatic heterocycles. The number of nitrogens with one attached hydrogen (secondary N) is 1. The molecule has 8 heteroatoms. The van der Waals surface area contributed by atoms with Gasteiger partial charge in [-0.05, 0) is 43.2 Å². The fourth-order valence-electron chi connectivity index (χ4n) is 2.02. The number of benzene rings is 1. The molecule has 0 unspecified atom stereocenters. The summed E-state index contributed by atoms with van der Waals surface area (Å²) in [6.07, 6.45) is -3.67. The van der Waals surface area contributed by atoms with Crippen LogP contribution in [0.25, 0.3) is 0 Å². The molecule has 0 fully saturated rings. The molecule has 1 N–H and O–H groups in total. The molecule has 0 bridgehead atoms. The van der Waals surface area contributed by atoms with E-state index in [0.29, 0.717) is 15.7 Å². The van der Waals surface area contributed by atoms with Gasteiger partial charge in [0.05, 0.1) is 27.1 Å². The van der Waals surface area contributed by atoms with Crippen LogP contribution in [0.4, 0.5) is 18.9 Å². The molecule has 0 saturated carbocycles. The van der Waals surface area contributed by atoms with Crippen molar-refractivity contribution in [1.29, 1.82) is 0 Å². The molecule has 0 saturated heterocycles. The van der Waals surface area contributed by atoms with Gasteiger partial charge in [-0.1, -0.05) is 29.4 Å². The summed E-state index contributed by atoms with van der Waals surface area (Å²) in [4.78, 5) is 15.7. The van der Waals surface area contributed by atoms with Crippen molar-refractivity contribution in [3.8, 4) is 0 Å². The molecule has 128 valence electrons. The Morgan fingerprint density at radius 3 is 2.54 bits per heavy atom. The zero-order valence-corrected chi connectivity index (χ0v) is 14.4. The van der Waals surface area contributed by atoms with Gasteiger partial charge < -0.3 is 5.32 Å². The largest absolute Gasteiger partial charge is 0.417 e. The maximum atomic E-state index is 12.5. The lowest BCUT2D eigenvalue weighted by molar-refractivity contribution is -0.137. The normalized spacial score (nSPS) is 11.4. The highest BCUT2D eigenvalue weighted by atomic mass is 35.5. The Bertz CT molecular complexity index is 725. The molecule has 1 aromatic carbocycles. The van der Waals surface area contributed by atoms with Crippen molar-refractivity contribution >= 4 is 35.0 Å². The van der Waals surface area contributed by atoms with Crippen molar-refractivity contribution in [3.63, 3.8) is 0 Å². The third-order valence-corrected chi connectivity index (χ3v) is 4.35. The van der Waals surface area contributed by atoms with E-state index in [2.05, 4.69) is 10.3 Å². The third-order valence-electron chi connectivity index (χ3n) is 3.11. The van der Waals surface area contributed by atoms with Crippen LogP contribution < -0.4 is 5.32 Å². The molecule has 0 atom stereocenters. The Morgan fingerprint density at radius 2 is 2.00 bits per heavy atom. The standard InChI is InChI=1S/C16H14ClF3N2OS/c1-9-5-10(2)15(12(17)6-9)22-13(23)8-24-14-4-3-11(7-21-14)16(18,19)20/h3-7H,8H2,1-2H3,(H,22,23). The Balaban J connectivity index is 1.97. The van der Waals surface area contributed by atoms with Gasteiger partial charge >= 0.3 is 6.18 Å². The van der Waals surface area contributed by atoms with Crippen molar-refractivity contribution in [2.45, 2.75) is 25.0 Å². The smallest absolute Gasteiger partial charge is 0.324 e. The van der Waals surface area contributed by atoms with E-state index in [9.17, 15) is 18.0 Å². The van der Waals surface area contributed by atoms with Crippen LogP contribution in [0.5, 0.6) is 0 Å². The van der Waals surface area contributed by atoms with Gasteiger partial charge in [-0.2, -0.15) is 13.2 Å². The van der Waals surface area contributed by atoms with E-state index < -0.39 is 11.7 Å². The first-order valence-electron chi connectivity index (χ1n) is 6.89. The minimum Gasteiger partial charge on any atom is -0.324 e. The highest BCUT2D eigenvalue weighted by Gasteiger charge is 2.30. The number of carbonyl (C=O) groups is 1. The van der Waals surface area contributed by atoms with E-state index in [4.69, 9.17) is 11.6 Å². The number of halogens is 4. The van der Waals surface area contributed by atoms with Gasteiger partial charge in [0, 0.05) is 6.20 Å². The van der Waals surface area contributed by atoms with E-state index in [-0.39, 0.29) is 11.7 Å². The SMILES string of the molecule is Cc1cc(C)c(NC(=O)CSc2ccc(C(F)(F)F)cn2)c(Cl)c1. The van der Waals surface area contributed by atoms with Crippen molar-refractivity contribution in [2.75, 3.05) is 11.1 Å². The highest BCUT2D eigenvalue weighted by Crippen LogP contribution is 2.30. The first kappa shape index (κ1) is 18.6. The Morgan fingerprint density at radius 1 is 1.29 bits per heavy atom. The molecule has 2 aromatic rings. The fraction of sp³-hybridized carbons (Fsp3) is 0.250. The number of aromatic nitrogens is 1. The molecule has 0 spiro atoms. The van der Waals surface area contributed by atoms with Gasteiger partial charge in [-0.25, -0.2) is 4.98 Å². The van der Waals surface area contributed by atoms with Crippen molar-refractivity contribution < 1.29 is 18.0 Å². The number of rotatable bonds is 4. The van der Waals surface area contributed by atoms with E-state index in [1.807, 2.05) is 19.9 Å². The molecule has 0 aliphatic heterocycles. The molecule has 0 aliphatic rings. The van der Waals surface area contributed by atoms with Gasteiger partial charge in [-0.3, -0.25) is 4.79 Å². The lowest BCUT2D eigenvalue weighted by atomic mass is 10.1. The summed E-state index contributed by atoms with van der Waals surface area (Å²) in [6.45, 7) is 3.73. The number of thioether (sulfide) groups is 1. The Hall–Kier alpha value is -1.73. The molecule has 3 nitrogen and oxygen atoms in total. The maximum absolute atomic E-state index is 12.5. The second-order valence-electron chi connectivity index (χ2n) is 5.16. The molecule has 24 heavy (non-hydrogen) atoms. The summed E-state index contributed by atoms with van der Waals surface area (Å²) in [6, 6.07) is 5.82. The van der Waals surface area contributed by atoms with Crippen molar-refractivity contribution in [2.24, 2.45) is 0 Å². The highest BCUT2D eigenvalue weighted by molar-refractivity contribution is 7.99. The van der Waals surface area contributed by atoms with Crippen LogP contribution in [0.15, 0.2) is 35.5 Å². The van der Waals surface area contributed by atoms with Crippen LogP contribution >= 0.6 is 23.4 Å². The van der Waals surface area contributed by atoms with Crippen LogP contribution in [0, 0.1) is 13.8 Å². The molecule has 0 aliphatic carbocycles. The summed E-state index contributed by atoms with van der Waals surface area (Å²) in [5.74, 6) is -0.294. The molecule has 2 rings (SSSR count). The first-order chi connectivity index (χ1) is 11.2. The average molecular weight is 375 g/mol. The number of amides is 1. The Kier molecular flexibility index (Phi) is 5.77. The van der Waals surface area contributed by atoms with Gasteiger partial charge in [0.25, 0.3) is 0 Å². The molecular weight excluding hydrogens is 361 g/mol. The molecular formula is C16H14ClF3N2OS. The lowest BCUT2D eigenvalue weighted by Crippen LogP contribution is -2.15. The van der Waals surface area contributed by atoms with Gasteiger partial charge in [0.1, 0.15) is 0 Å². The number of pyridine rings is 1. The van der Waals surface area contributed by atoms with Crippen molar-refractivity contribution in [1.82, 2.24) is 4.98 Å². The number of alkyl halides is 3. The number of hydrogen-bond acceptors (Lipinski definition) is 3. The van der Waals surface area contributed by atoms with Crippen LogP contribution in [0.2, 0.25) is 5.02 Å². The number of carbonyl (C=O) groups excluding carboxylic acids is 1. The number of hydrogen-bond donors (Lipinski definition) is 1. The zero-order chi connectivity index (χ0) is 17.9. The summed E-state index contributed by atoms with van der Waals surface area (Å²) in [5, 5.41) is 3.49. The number of anilines is 1. The van der Waals surface area contributed by atoms with Gasteiger partial charge in [-0.15, -0.1) is 0 Å². The lowest BCUT2D eigenvalue weighted by Gasteiger charge is -2.11. The maximum Gasteiger partial charge on any atom is 0.417 e. The average Bonchev–Trinajstić information content (AvgIpc) is 2.48. The van der Waals surface area contributed by atoms with Crippen LogP contribution in [0.1, 0.15) is 16.7 Å². The van der Waals surface area contributed by atoms with E-state index in [0.717, 1.165) is 35.2 Å². The third kappa shape index (κ3) is 4.88. The predicted molar refractivity (Wildman–Crippen MR) is 89.5 cm³/mol. The van der Waals surface area contributed by atoms with Gasteiger partial charge in [0.15, 0.2) is 0 Å². The topological polar surface area (TPSA) is 42.0 Å². The molecule has 1 amide bonds. The van der Waals surface area contributed by atoms with Crippen LogP contribution in [-0.4, -0.2) is 16.6 Å². The first-order valence-corrected chi connectivity index (χ1v) is 8.26. The quantitative estimate of drug-likeness (QED) is 0.757. The summed E-state index contributed by atoms with van der Waals surface area (Å²) >= 11 is 7.16. The predicted octanol–water partition coefficient (Wildman–Crippen LogP) is 5.10. The second kappa shape index (κ2) is 7.44. The summed E-state index contributed by atoms with van der Waals surface area (Å²) < 4.78 is 37.4. The van der Waals surface area contributed by atoms with Gasteiger partial charge in [0.2, 0.25) is 5.91 Å². The summed E-state index contributed by atoms with van der Waals surface area (Å²) in [7, 11) is 0. The van der Waals surface area contributed by atoms with E-state index in [1.165, 1.54) is 6.07 Å². The minimum atomic E-state index is -4.42. The van der Waals surface area contributed by atoms with E-state index >= 15 is 0 Å². The Labute approximate surface area is 146 Å². The molecule has 1 heterocycles. The van der Waals surface area contributed by atoms with Crippen LogP contribution in [-0.2, 0) is 11.0 Å². The zero-order valence-electron chi connectivity index (χ0n) is 12.9. The van der Waals surface area contributed by atoms with E-state index in [1.54, 1.807) is 6.07 Å². The number of nitrogens with zero attached hydrogens (tertiary/aromatic N) is 1. The number of aryl methyl sites for hydroxylation is 2.